The Kier molecular flexibility index (Phi) is 8.66. The second-order valence-electron chi connectivity index (χ2n) is 6.43. The van der Waals surface area contributed by atoms with Gasteiger partial charge in [0.25, 0.3) is 5.91 Å². The topological polar surface area (TPSA) is 50.8 Å². The molecule has 23 heavy (non-hydrogen) atoms. The van der Waals surface area contributed by atoms with E-state index in [-0.39, 0.29) is 11.9 Å². The van der Waals surface area contributed by atoms with Gasteiger partial charge in [-0.2, -0.15) is 0 Å². The summed E-state index contributed by atoms with van der Waals surface area (Å²) in [5.74, 6) is 1.15. The summed E-state index contributed by atoms with van der Waals surface area (Å²) in [6, 6.07) is 7.39. The van der Waals surface area contributed by atoms with E-state index in [4.69, 9.17) is 9.47 Å². The lowest BCUT2D eigenvalue weighted by molar-refractivity contribution is 0.0924. The van der Waals surface area contributed by atoms with Gasteiger partial charge in [0.05, 0.1) is 6.61 Å². The van der Waals surface area contributed by atoms with Crippen LogP contribution < -0.4 is 10.1 Å². The van der Waals surface area contributed by atoms with Crippen molar-refractivity contribution in [2.24, 2.45) is 5.92 Å². The van der Waals surface area contributed by atoms with Crippen molar-refractivity contribution in [2.75, 3.05) is 41.0 Å². The number of nitrogens with one attached hydrogen (secondary N) is 1. The Morgan fingerprint density at radius 1 is 1.26 bits per heavy atom. The largest absolute Gasteiger partial charge is 0.491 e. The molecule has 5 heteroatoms. The van der Waals surface area contributed by atoms with Crippen molar-refractivity contribution in [1.29, 1.82) is 0 Å². The predicted octanol–water partition coefficient (Wildman–Crippen LogP) is 2.42. The van der Waals surface area contributed by atoms with Crippen molar-refractivity contribution in [2.45, 2.75) is 26.3 Å². The van der Waals surface area contributed by atoms with Gasteiger partial charge in [-0.15, -0.1) is 0 Å². The maximum absolute atomic E-state index is 12.5. The fraction of sp³-hybridized carbons (Fsp3) is 0.611. The summed E-state index contributed by atoms with van der Waals surface area (Å²) in [5.41, 5.74) is 0.618. The van der Waals surface area contributed by atoms with Gasteiger partial charge in [0, 0.05) is 25.3 Å². The molecule has 0 radical (unpaired) electrons. The lowest BCUT2D eigenvalue weighted by Gasteiger charge is -2.24. The molecule has 0 saturated heterocycles. The minimum Gasteiger partial charge on any atom is -0.491 e. The highest BCUT2D eigenvalue weighted by Crippen LogP contribution is 2.14. The Hall–Kier alpha value is -1.59. The molecule has 0 aliphatic rings. The molecule has 1 aromatic carbocycles. The second kappa shape index (κ2) is 10.2. The Morgan fingerprint density at radius 2 is 2.00 bits per heavy atom. The maximum Gasteiger partial charge on any atom is 0.251 e. The van der Waals surface area contributed by atoms with E-state index >= 15 is 0 Å². The normalized spacial score (nSPS) is 12.5. The fourth-order valence-corrected chi connectivity index (χ4v) is 2.43. The van der Waals surface area contributed by atoms with Gasteiger partial charge < -0.3 is 19.7 Å². The van der Waals surface area contributed by atoms with Crippen molar-refractivity contribution in [1.82, 2.24) is 10.2 Å². The van der Waals surface area contributed by atoms with E-state index in [1.54, 1.807) is 19.2 Å². The van der Waals surface area contributed by atoms with Crippen LogP contribution in [0.4, 0.5) is 0 Å². The van der Waals surface area contributed by atoms with Crippen LogP contribution in [-0.4, -0.2) is 57.8 Å². The molecule has 1 amide bonds. The van der Waals surface area contributed by atoms with Gasteiger partial charge >= 0.3 is 0 Å². The van der Waals surface area contributed by atoms with Gasteiger partial charge in [0.2, 0.25) is 0 Å². The summed E-state index contributed by atoms with van der Waals surface area (Å²) in [6.45, 7) is 6.15. The number of hydrogen-bond acceptors (Lipinski definition) is 4. The maximum atomic E-state index is 12.5. The summed E-state index contributed by atoms with van der Waals surface area (Å²) in [7, 11) is 5.67. The lowest BCUT2D eigenvalue weighted by Crippen LogP contribution is -2.42. The molecule has 1 N–H and O–H groups in total. The van der Waals surface area contributed by atoms with Crippen LogP contribution >= 0.6 is 0 Å². The average Bonchev–Trinajstić information content (AvgIpc) is 2.46. The van der Waals surface area contributed by atoms with Crippen molar-refractivity contribution in [3.05, 3.63) is 29.8 Å². The number of hydrogen-bond donors (Lipinski definition) is 1. The molecular formula is C18H30N2O3. The van der Waals surface area contributed by atoms with E-state index in [1.165, 1.54) is 0 Å². The molecule has 0 aliphatic carbocycles. The van der Waals surface area contributed by atoms with Crippen LogP contribution in [0.25, 0.3) is 0 Å². The number of likely N-dealkylation sites (N-methyl/N-ethyl adjacent to an activating group) is 1. The zero-order chi connectivity index (χ0) is 17.2. The van der Waals surface area contributed by atoms with Crippen LogP contribution in [0.3, 0.4) is 0 Å². The Bertz CT molecular complexity index is 465. The zero-order valence-electron chi connectivity index (χ0n) is 15.0. The third kappa shape index (κ3) is 8.00. The summed E-state index contributed by atoms with van der Waals surface area (Å²) in [4.78, 5) is 14.6. The molecule has 0 heterocycles. The number of ether oxygens (including phenoxy) is 2. The number of nitrogens with zero attached hydrogens (tertiary/aromatic N) is 1. The summed E-state index contributed by atoms with van der Waals surface area (Å²) in [6.07, 6.45) is 0.952. The molecular weight excluding hydrogens is 292 g/mol. The molecule has 1 atom stereocenters. The number of carbonyl (C=O) groups is 1. The quantitative estimate of drug-likeness (QED) is 0.672. The SMILES string of the molecule is COCCOc1cccc(C(=O)NC(CC(C)C)CN(C)C)c1. The van der Waals surface area contributed by atoms with Crippen LogP contribution in [0, 0.1) is 5.92 Å². The molecule has 0 aromatic heterocycles. The second-order valence-corrected chi connectivity index (χ2v) is 6.43. The smallest absolute Gasteiger partial charge is 0.251 e. The number of rotatable bonds is 10. The highest BCUT2D eigenvalue weighted by molar-refractivity contribution is 5.94. The molecule has 1 rings (SSSR count). The minimum absolute atomic E-state index is 0.0605. The Labute approximate surface area is 140 Å². The third-order valence-corrected chi connectivity index (χ3v) is 3.33. The first-order chi connectivity index (χ1) is 10.9. The highest BCUT2D eigenvalue weighted by atomic mass is 16.5. The number of amides is 1. The lowest BCUT2D eigenvalue weighted by atomic mass is 10.0. The van der Waals surface area contributed by atoms with Gasteiger partial charge in [0.15, 0.2) is 0 Å². The van der Waals surface area contributed by atoms with E-state index in [9.17, 15) is 4.79 Å². The van der Waals surface area contributed by atoms with Crippen molar-refractivity contribution in [3.63, 3.8) is 0 Å². The monoisotopic (exact) mass is 322 g/mol. The predicted molar refractivity (Wildman–Crippen MR) is 93.1 cm³/mol. The first-order valence-electron chi connectivity index (χ1n) is 8.09. The average molecular weight is 322 g/mol. The molecule has 0 fully saturated rings. The van der Waals surface area contributed by atoms with E-state index < -0.39 is 0 Å². The Morgan fingerprint density at radius 3 is 2.61 bits per heavy atom. The molecule has 0 spiro atoms. The summed E-state index contributed by atoms with van der Waals surface area (Å²) < 4.78 is 10.5. The zero-order valence-corrected chi connectivity index (χ0v) is 15.0. The first-order valence-corrected chi connectivity index (χ1v) is 8.09. The fourth-order valence-electron chi connectivity index (χ4n) is 2.43. The minimum atomic E-state index is -0.0605. The molecule has 0 aliphatic heterocycles. The van der Waals surface area contributed by atoms with Crippen molar-refractivity contribution < 1.29 is 14.3 Å². The van der Waals surface area contributed by atoms with Crippen LogP contribution in [0.2, 0.25) is 0 Å². The van der Waals surface area contributed by atoms with E-state index in [2.05, 4.69) is 24.1 Å². The standard InChI is InChI=1S/C18H30N2O3/c1-14(2)11-16(13-20(3)4)19-18(21)15-7-6-8-17(12-15)23-10-9-22-5/h6-8,12,14,16H,9-11,13H2,1-5H3,(H,19,21). The molecule has 130 valence electrons. The van der Waals surface area contributed by atoms with Crippen molar-refractivity contribution in [3.8, 4) is 5.75 Å². The molecule has 5 nitrogen and oxygen atoms in total. The first kappa shape index (κ1) is 19.5. The van der Waals surface area contributed by atoms with Gasteiger partial charge in [-0.05, 0) is 44.6 Å². The Balaban J connectivity index is 2.68. The van der Waals surface area contributed by atoms with Crippen LogP contribution in [0.1, 0.15) is 30.6 Å². The summed E-state index contributed by atoms with van der Waals surface area (Å²) in [5, 5.41) is 3.13. The molecule has 1 unspecified atom stereocenters. The van der Waals surface area contributed by atoms with Gasteiger partial charge in [-0.1, -0.05) is 19.9 Å². The summed E-state index contributed by atoms with van der Waals surface area (Å²) >= 11 is 0. The molecule has 1 aromatic rings. The highest BCUT2D eigenvalue weighted by Gasteiger charge is 2.16. The van der Waals surface area contributed by atoms with Crippen molar-refractivity contribution >= 4 is 5.91 Å². The third-order valence-electron chi connectivity index (χ3n) is 3.33. The number of benzene rings is 1. The van der Waals surface area contributed by atoms with Gasteiger partial charge in [-0.3, -0.25) is 4.79 Å². The number of carbonyl (C=O) groups excluding carboxylic acids is 1. The van der Waals surface area contributed by atoms with Crippen LogP contribution in [0.15, 0.2) is 24.3 Å². The molecule has 0 bridgehead atoms. The van der Waals surface area contributed by atoms with Gasteiger partial charge in [0.1, 0.15) is 12.4 Å². The van der Waals surface area contributed by atoms with E-state index in [1.807, 2.05) is 26.2 Å². The van der Waals surface area contributed by atoms with Gasteiger partial charge in [-0.25, -0.2) is 0 Å². The van der Waals surface area contributed by atoms with Crippen LogP contribution in [-0.2, 0) is 4.74 Å². The van der Waals surface area contributed by atoms with E-state index in [0.29, 0.717) is 30.4 Å². The van der Waals surface area contributed by atoms with Crippen LogP contribution in [0.5, 0.6) is 5.75 Å². The van der Waals surface area contributed by atoms with E-state index in [0.717, 1.165) is 13.0 Å². The number of methoxy groups -OCH3 is 1. The molecule has 0 saturated carbocycles.